The molecule has 0 aliphatic heterocycles. The Morgan fingerprint density at radius 3 is 2.00 bits per heavy atom. The van der Waals surface area contributed by atoms with Crippen molar-refractivity contribution in [1.82, 2.24) is 5.48 Å². The van der Waals surface area contributed by atoms with Gasteiger partial charge in [-0.2, -0.15) is 5.48 Å². The van der Waals surface area contributed by atoms with E-state index < -0.39 is 12.1 Å². The van der Waals surface area contributed by atoms with Gasteiger partial charge in [-0.15, -0.1) is 0 Å². The first-order valence-electron chi connectivity index (χ1n) is 5.50. The van der Waals surface area contributed by atoms with Crippen molar-refractivity contribution in [2.75, 3.05) is 5.73 Å². The average molecular weight is 293 g/mol. The highest BCUT2D eigenvalue weighted by atomic mass is 35.5. The largest absolute Gasteiger partial charge is 0.396 e. The molecule has 0 bridgehead atoms. The van der Waals surface area contributed by atoms with E-state index >= 15 is 0 Å². The summed E-state index contributed by atoms with van der Waals surface area (Å²) >= 11 is 11.8. The van der Waals surface area contributed by atoms with Crippen LogP contribution in [-0.4, -0.2) is 16.4 Å². The standard InChI is InChI=1S/C12H18Cl2N2O2/c1-12(2,3)11(16-18)10(17)6-4-7(13)9(15)8(14)5-6/h4-5,10-11,16-18H,15H2,1-3H3. The molecule has 0 saturated heterocycles. The van der Waals surface area contributed by atoms with Crippen LogP contribution in [0.4, 0.5) is 5.69 Å². The van der Waals surface area contributed by atoms with E-state index in [1.807, 2.05) is 20.8 Å². The number of hydrogen-bond donors (Lipinski definition) is 4. The molecule has 0 saturated carbocycles. The highest BCUT2D eigenvalue weighted by molar-refractivity contribution is 6.38. The second-order valence-electron chi connectivity index (χ2n) is 5.32. The van der Waals surface area contributed by atoms with Gasteiger partial charge in [0.2, 0.25) is 0 Å². The lowest BCUT2D eigenvalue weighted by Gasteiger charge is -2.33. The minimum absolute atomic E-state index is 0.276. The van der Waals surface area contributed by atoms with Crippen molar-refractivity contribution < 1.29 is 10.3 Å². The van der Waals surface area contributed by atoms with Gasteiger partial charge in [0.15, 0.2) is 0 Å². The SMILES string of the molecule is CC(C)(C)C(NO)C(O)c1cc(Cl)c(N)c(Cl)c1. The summed E-state index contributed by atoms with van der Waals surface area (Å²) in [6.07, 6.45) is -0.953. The highest BCUT2D eigenvalue weighted by Crippen LogP contribution is 2.35. The molecule has 0 radical (unpaired) electrons. The molecular weight excluding hydrogens is 275 g/mol. The van der Waals surface area contributed by atoms with Crippen LogP contribution in [-0.2, 0) is 0 Å². The van der Waals surface area contributed by atoms with Gasteiger partial charge >= 0.3 is 0 Å². The zero-order chi connectivity index (χ0) is 14.1. The van der Waals surface area contributed by atoms with Gasteiger partial charge in [-0.05, 0) is 23.1 Å². The molecular formula is C12H18Cl2N2O2. The van der Waals surface area contributed by atoms with E-state index in [2.05, 4.69) is 5.48 Å². The third-order valence-corrected chi connectivity index (χ3v) is 3.46. The Balaban J connectivity index is 3.14. The van der Waals surface area contributed by atoms with Crippen LogP contribution in [0.5, 0.6) is 0 Å². The third-order valence-electron chi connectivity index (χ3n) is 2.83. The molecule has 0 heterocycles. The number of hydroxylamine groups is 1. The first-order chi connectivity index (χ1) is 8.18. The van der Waals surface area contributed by atoms with E-state index in [0.29, 0.717) is 5.56 Å². The molecule has 18 heavy (non-hydrogen) atoms. The Bertz CT molecular complexity index is 410. The van der Waals surface area contributed by atoms with Crippen molar-refractivity contribution in [3.05, 3.63) is 27.7 Å². The van der Waals surface area contributed by atoms with E-state index in [9.17, 15) is 10.3 Å². The Labute approximate surface area is 117 Å². The van der Waals surface area contributed by atoms with E-state index in [1.165, 1.54) is 0 Å². The number of aliphatic hydroxyl groups is 1. The molecule has 1 aromatic rings. The van der Waals surface area contributed by atoms with Crippen molar-refractivity contribution in [2.45, 2.75) is 32.9 Å². The number of nitrogen functional groups attached to an aromatic ring is 1. The highest BCUT2D eigenvalue weighted by Gasteiger charge is 2.32. The van der Waals surface area contributed by atoms with Gasteiger partial charge in [0.05, 0.1) is 27.9 Å². The quantitative estimate of drug-likeness (QED) is 0.510. The number of benzene rings is 1. The molecule has 2 unspecified atom stereocenters. The molecule has 2 atom stereocenters. The molecule has 1 rings (SSSR count). The summed E-state index contributed by atoms with van der Waals surface area (Å²) in [4.78, 5) is 0. The first kappa shape index (κ1) is 15.5. The van der Waals surface area contributed by atoms with Crippen LogP contribution in [0.25, 0.3) is 0 Å². The number of nitrogens with two attached hydrogens (primary N) is 1. The van der Waals surface area contributed by atoms with Crippen molar-refractivity contribution in [3.8, 4) is 0 Å². The molecule has 0 aromatic heterocycles. The maximum atomic E-state index is 10.3. The summed E-state index contributed by atoms with van der Waals surface area (Å²) in [5.41, 5.74) is 8.19. The van der Waals surface area contributed by atoms with Crippen LogP contribution < -0.4 is 11.2 Å². The van der Waals surface area contributed by atoms with E-state index in [-0.39, 0.29) is 21.1 Å². The fourth-order valence-corrected chi connectivity index (χ4v) is 2.21. The van der Waals surface area contributed by atoms with E-state index in [1.54, 1.807) is 12.1 Å². The second kappa shape index (κ2) is 5.63. The molecule has 0 spiro atoms. The molecule has 4 nitrogen and oxygen atoms in total. The van der Waals surface area contributed by atoms with Crippen LogP contribution in [0.1, 0.15) is 32.4 Å². The van der Waals surface area contributed by atoms with Crippen molar-refractivity contribution in [1.29, 1.82) is 0 Å². The molecule has 0 fully saturated rings. The van der Waals surface area contributed by atoms with E-state index in [4.69, 9.17) is 28.9 Å². The maximum absolute atomic E-state index is 10.3. The Morgan fingerprint density at radius 1 is 1.22 bits per heavy atom. The Morgan fingerprint density at radius 2 is 1.67 bits per heavy atom. The van der Waals surface area contributed by atoms with Gasteiger partial charge in [0.25, 0.3) is 0 Å². The van der Waals surface area contributed by atoms with Crippen LogP contribution in [0.2, 0.25) is 10.0 Å². The minimum Gasteiger partial charge on any atom is -0.396 e. The summed E-state index contributed by atoms with van der Waals surface area (Å²) in [5.74, 6) is 0. The summed E-state index contributed by atoms with van der Waals surface area (Å²) in [7, 11) is 0. The molecule has 6 heteroatoms. The first-order valence-corrected chi connectivity index (χ1v) is 6.26. The van der Waals surface area contributed by atoms with Crippen molar-refractivity contribution in [3.63, 3.8) is 0 Å². The number of rotatable bonds is 3. The van der Waals surface area contributed by atoms with E-state index in [0.717, 1.165) is 0 Å². The number of aliphatic hydroxyl groups excluding tert-OH is 1. The molecule has 0 amide bonds. The topological polar surface area (TPSA) is 78.5 Å². The maximum Gasteiger partial charge on any atom is 0.0971 e. The van der Waals surface area contributed by atoms with Crippen molar-refractivity contribution in [2.24, 2.45) is 5.41 Å². The van der Waals surface area contributed by atoms with Gasteiger partial charge in [-0.25, -0.2) is 0 Å². The predicted molar refractivity (Wildman–Crippen MR) is 74.0 cm³/mol. The van der Waals surface area contributed by atoms with Crippen LogP contribution in [0, 0.1) is 5.41 Å². The van der Waals surface area contributed by atoms with Crippen LogP contribution in [0.15, 0.2) is 12.1 Å². The molecule has 5 N–H and O–H groups in total. The lowest BCUT2D eigenvalue weighted by atomic mass is 9.82. The lowest BCUT2D eigenvalue weighted by Crippen LogP contribution is -2.43. The second-order valence-corrected chi connectivity index (χ2v) is 6.13. The fraction of sp³-hybridized carbons (Fsp3) is 0.500. The Kier molecular flexibility index (Phi) is 4.86. The van der Waals surface area contributed by atoms with Gasteiger partial charge in [0.1, 0.15) is 0 Å². The van der Waals surface area contributed by atoms with Gasteiger partial charge in [-0.3, -0.25) is 0 Å². The zero-order valence-corrected chi connectivity index (χ0v) is 12.0. The van der Waals surface area contributed by atoms with Crippen molar-refractivity contribution >= 4 is 28.9 Å². The molecule has 0 aliphatic carbocycles. The smallest absolute Gasteiger partial charge is 0.0971 e. The monoisotopic (exact) mass is 292 g/mol. The number of halogens is 2. The summed E-state index contributed by atoms with van der Waals surface area (Å²) in [5, 5.41) is 20.0. The molecule has 1 aromatic carbocycles. The average Bonchev–Trinajstić information content (AvgIpc) is 2.23. The van der Waals surface area contributed by atoms with Gasteiger partial charge in [-0.1, -0.05) is 44.0 Å². The number of hydrogen-bond acceptors (Lipinski definition) is 4. The zero-order valence-electron chi connectivity index (χ0n) is 10.5. The predicted octanol–water partition coefficient (Wildman–Crippen LogP) is 3.00. The van der Waals surface area contributed by atoms with Crippen LogP contribution in [0.3, 0.4) is 0 Å². The molecule has 102 valence electrons. The lowest BCUT2D eigenvalue weighted by molar-refractivity contribution is -0.0104. The van der Waals surface area contributed by atoms with Crippen LogP contribution >= 0.6 is 23.2 Å². The summed E-state index contributed by atoms with van der Waals surface area (Å²) in [6.45, 7) is 5.68. The minimum atomic E-state index is -0.953. The summed E-state index contributed by atoms with van der Waals surface area (Å²) in [6, 6.07) is 2.53. The van der Waals surface area contributed by atoms with Gasteiger partial charge in [0, 0.05) is 0 Å². The normalized spacial score (nSPS) is 15.5. The third kappa shape index (κ3) is 3.28. The molecule has 0 aliphatic rings. The summed E-state index contributed by atoms with van der Waals surface area (Å²) < 4.78 is 0. The number of anilines is 1. The van der Waals surface area contributed by atoms with Gasteiger partial charge < -0.3 is 16.0 Å². The fourth-order valence-electron chi connectivity index (χ4n) is 1.70. The number of nitrogens with one attached hydrogen (secondary N) is 1. The Hall–Kier alpha value is -0.520.